The number of sulfone groups is 1. The summed E-state index contributed by atoms with van der Waals surface area (Å²) in [5.74, 6) is -0.0633. The van der Waals surface area contributed by atoms with E-state index in [0.29, 0.717) is 40.2 Å². The molecule has 0 radical (unpaired) electrons. The Morgan fingerprint density at radius 3 is 2.51 bits per heavy atom. The van der Waals surface area contributed by atoms with Crippen LogP contribution < -0.4 is 15.2 Å². The predicted molar refractivity (Wildman–Crippen MR) is 140 cm³/mol. The Morgan fingerprint density at radius 2 is 1.86 bits per heavy atom. The summed E-state index contributed by atoms with van der Waals surface area (Å²) in [6.07, 6.45) is 2.82. The highest BCUT2D eigenvalue weighted by atomic mass is 32.2. The van der Waals surface area contributed by atoms with Gasteiger partial charge in [0, 0.05) is 17.9 Å². The van der Waals surface area contributed by atoms with E-state index in [4.69, 9.17) is 9.47 Å². The average Bonchev–Trinajstić information content (AvgIpc) is 3.65. The first-order chi connectivity index (χ1) is 17.7. The Morgan fingerprint density at radius 1 is 1.11 bits per heavy atom. The number of fused-ring (bicyclic) bond motifs is 1. The number of rotatable bonds is 9. The number of imidazole rings is 1. The average molecular weight is 526 g/mol. The van der Waals surface area contributed by atoms with Gasteiger partial charge in [-0.15, -0.1) is 0 Å². The molecule has 194 valence electrons. The zero-order valence-electron chi connectivity index (χ0n) is 20.8. The molecule has 5 rings (SSSR count). The molecule has 0 aliphatic heterocycles. The molecule has 37 heavy (non-hydrogen) atoms. The minimum absolute atomic E-state index is 0.00816. The zero-order chi connectivity index (χ0) is 26.3. The van der Waals surface area contributed by atoms with Crippen LogP contribution in [0.15, 0.2) is 59.4 Å². The smallest absolute Gasteiger partial charge is 0.330 e. The van der Waals surface area contributed by atoms with Crippen molar-refractivity contribution in [2.75, 3.05) is 25.7 Å². The number of hydrogen-bond donors (Lipinski definition) is 0. The van der Waals surface area contributed by atoms with Crippen LogP contribution in [0.5, 0.6) is 11.6 Å². The van der Waals surface area contributed by atoms with Crippen LogP contribution >= 0.6 is 0 Å². The summed E-state index contributed by atoms with van der Waals surface area (Å²) in [6, 6.07) is 14.2. The molecule has 0 N–H and O–H groups in total. The van der Waals surface area contributed by atoms with E-state index in [9.17, 15) is 17.6 Å². The quantitative estimate of drug-likeness (QED) is 0.322. The van der Waals surface area contributed by atoms with Gasteiger partial charge in [0.1, 0.15) is 15.7 Å². The summed E-state index contributed by atoms with van der Waals surface area (Å²) >= 11 is 0. The highest BCUT2D eigenvalue weighted by Crippen LogP contribution is 2.39. The third kappa shape index (κ3) is 4.85. The van der Waals surface area contributed by atoms with Gasteiger partial charge in [-0.05, 0) is 55.7 Å². The minimum Gasteiger partial charge on any atom is -0.491 e. The second-order valence-electron chi connectivity index (χ2n) is 9.22. The van der Waals surface area contributed by atoms with Crippen LogP contribution in [0.2, 0.25) is 0 Å². The number of nitrogens with zero attached hydrogens (tertiary/aromatic N) is 3. The molecule has 1 aliphatic rings. The highest BCUT2D eigenvalue weighted by Gasteiger charge is 2.33. The van der Waals surface area contributed by atoms with Crippen molar-refractivity contribution in [3.8, 4) is 22.8 Å². The molecule has 4 aromatic rings. The summed E-state index contributed by atoms with van der Waals surface area (Å²) in [6.45, 7) is 2.14. The second-order valence-corrected chi connectivity index (χ2v) is 11.4. The van der Waals surface area contributed by atoms with Gasteiger partial charge in [0.2, 0.25) is 0 Å². The van der Waals surface area contributed by atoms with Crippen molar-refractivity contribution in [1.29, 1.82) is 0 Å². The number of halogens is 1. The Hall–Kier alpha value is -3.66. The second kappa shape index (κ2) is 9.66. The maximum Gasteiger partial charge on any atom is 0.330 e. The lowest BCUT2D eigenvalue weighted by molar-refractivity contribution is 0.296. The molecular formula is C27H28FN3O5S. The molecule has 2 aromatic heterocycles. The molecule has 0 bridgehead atoms. The summed E-state index contributed by atoms with van der Waals surface area (Å²) in [5, 5.41) is 0. The van der Waals surface area contributed by atoms with Crippen LogP contribution in [0.3, 0.4) is 0 Å². The van der Waals surface area contributed by atoms with E-state index < -0.39 is 15.9 Å². The molecule has 0 amide bonds. The zero-order valence-corrected chi connectivity index (χ0v) is 21.7. The van der Waals surface area contributed by atoms with Gasteiger partial charge in [-0.3, -0.25) is 9.13 Å². The number of benzene rings is 2. The fraction of sp³-hybridized carbons (Fsp3) is 0.333. The number of methoxy groups -OCH3 is 1. The molecular weight excluding hydrogens is 497 g/mol. The molecule has 2 aromatic carbocycles. The largest absolute Gasteiger partial charge is 0.491 e. The number of hydrogen-bond acceptors (Lipinski definition) is 6. The van der Waals surface area contributed by atoms with Gasteiger partial charge in [-0.1, -0.05) is 24.3 Å². The lowest BCUT2D eigenvalue weighted by Gasteiger charge is -2.19. The predicted octanol–water partition coefficient (Wildman–Crippen LogP) is 4.38. The molecule has 1 saturated carbocycles. The number of ether oxygens (including phenoxy) is 2. The van der Waals surface area contributed by atoms with Crippen molar-refractivity contribution >= 4 is 20.9 Å². The summed E-state index contributed by atoms with van der Waals surface area (Å²) < 4.78 is 53.8. The molecule has 1 atom stereocenters. The van der Waals surface area contributed by atoms with Crippen LogP contribution in [0.1, 0.15) is 37.5 Å². The molecule has 1 fully saturated rings. The summed E-state index contributed by atoms with van der Waals surface area (Å²) in [7, 11) is -2.03. The van der Waals surface area contributed by atoms with Crippen LogP contribution in [0.4, 0.5) is 4.39 Å². The normalized spacial score (nSPS) is 14.6. The van der Waals surface area contributed by atoms with E-state index >= 15 is 0 Å². The minimum atomic E-state index is -3.53. The van der Waals surface area contributed by atoms with Crippen molar-refractivity contribution in [3.63, 3.8) is 0 Å². The first kappa shape index (κ1) is 25.0. The third-order valence-corrected chi connectivity index (χ3v) is 7.39. The van der Waals surface area contributed by atoms with Gasteiger partial charge in [0.25, 0.3) is 5.88 Å². The van der Waals surface area contributed by atoms with E-state index in [1.54, 1.807) is 53.1 Å². The van der Waals surface area contributed by atoms with Crippen LogP contribution in [0, 0.1) is 5.82 Å². The van der Waals surface area contributed by atoms with Crippen LogP contribution in [0.25, 0.3) is 22.2 Å². The lowest BCUT2D eigenvalue weighted by Crippen LogP contribution is -2.32. The molecule has 2 heterocycles. The van der Waals surface area contributed by atoms with Crippen molar-refractivity contribution < 1.29 is 22.3 Å². The van der Waals surface area contributed by atoms with Crippen LogP contribution in [-0.2, 0) is 9.84 Å². The van der Waals surface area contributed by atoms with Crippen molar-refractivity contribution in [2.45, 2.75) is 31.8 Å². The maximum atomic E-state index is 14.6. The van der Waals surface area contributed by atoms with Crippen molar-refractivity contribution in [3.05, 3.63) is 76.6 Å². The van der Waals surface area contributed by atoms with Crippen molar-refractivity contribution in [2.24, 2.45) is 0 Å². The Labute approximate surface area is 214 Å². The Balaban J connectivity index is 1.75. The summed E-state index contributed by atoms with van der Waals surface area (Å²) in [5.41, 5.74) is 2.29. The first-order valence-electron chi connectivity index (χ1n) is 12.1. The standard InChI is InChI=1S/C27H28FN3O5S/c1-4-36-26-25(35-2)14-12-21(29-26)24(16-37(3,33)34)31-22-13-9-17(19-7-5-6-8-20(19)28)15-23(22)30(27(31)32)18-10-11-18/h5-9,12-15,18,24H,4,10-11,16H2,1-3H3. The van der Waals surface area contributed by atoms with Gasteiger partial charge in [0.15, 0.2) is 5.75 Å². The summed E-state index contributed by atoms with van der Waals surface area (Å²) in [4.78, 5) is 18.5. The molecule has 10 heteroatoms. The fourth-order valence-electron chi connectivity index (χ4n) is 4.69. The van der Waals surface area contributed by atoms with E-state index in [1.165, 1.54) is 17.7 Å². The molecule has 1 unspecified atom stereocenters. The topological polar surface area (TPSA) is 92.4 Å². The van der Waals surface area contributed by atoms with Crippen molar-refractivity contribution in [1.82, 2.24) is 14.1 Å². The van der Waals surface area contributed by atoms with Gasteiger partial charge in [0.05, 0.1) is 42.2 Å². The number of pyridine rings is 1. The monoisotopic (exact) mass is 525 g/mol. The van der Waals surface area contributed by atoms with Crippen LogP contribution in [-0.4, -0.2) is 48.3 Å². The van der Waals surface area contributed by atoms with Gasteiger partial charge < -0.3 is 9.47 Å². The fourth-order valence-corrected chi connectivity index (χ4v) is 5.59. The van der Waals surface area contributed by atoms with E-state index in [1.807, 2.05) is 6.92 Å². The highest BCUT2D eigenvalue weighted by molar-refractivity contribution is 7.90. The van der Waals surface area contributed by atoms with Gasteiger partial charge >= 0.3 is 5.69 Å². The maximum absolute atomic E-state index is 14.6. The Kier molecular flexibility index (Phi) is 6.53. The molecule has 1 aliphatic carbocycles. The van der Waals surface area contributed by atoms with E-state index in [2.05, 4.69) is 4.98 Å². The molecule has 0 saturated heterocycles. The SMILES string of the molecule is CCOc1nc(C(CS(C)(=O)=O)n2c(=O)n(C3CC3)c3cc(-c4ccccc4F)ccc32)ccc1OC. The van der Waals surface area contributed by atoms with Gasteiger partial charge in [-0.25, -0.2) is 22.6 Å². The molecule has 8 nitrogen and oxygen atoms in total. The molecule has 0 spiro atoms. The van der Waals surface area contributed by atoms with E-state index in [0.717, 1.165) is 19.1 Å². The van der Waals surface area contributed by atoms with E-state index in [-0.39, 0.29) is 29.2 Å². The third-order valence-electron chi connectivity index (χ3n) is 6.47. The first-order valence-corrected chi connectivity index (χ1v) is 14.1. The lowest BCUT2D eigenvalue weighted by atomic mass is 10.0. The van der Waals surface area contributed by atoms with Gasteiger partial charge in [-0.2, -0.15) is 0 Å². The number of aromatic nitrogens is 3. The Bertz CT molecular complexity index is 1640.